The molecule has 2 aliphatic carbocycles. The number of urea groups is 1. The Morgan fingerprint density at radius 2 is 2.05 bits per heavy atom. The van der Waals surface area contributed by atoms with E-state index in [2.05, 4.69) is 5.32 Å². The minimum absolute atomic E-state index is 0.123. The average molecular weight is 268 g/mol. The second-order valence-electron chi connectivity index (χ2n) is 6.07. The van der Waals surface area contributed by atoms with Crippen LogP contribution in [0.2, 0.25) is 0 Å². The predicted molar refractivity (Wildman–Crippen MR) is 71.8 cm³/mol. The Kier molecular flexibility index (Phi) is 4.02. The van der Waals surface area contributed by atoms with Crippen LogP contribution in [0.15, 0.2) is 0 Å². The molecule has 108 valence electrons. The number of hydrogen-bond donors (Lipinski definition) is 2. The van der Waals surface area contributed by atoms with Crippen molar-refractivity contribution in [3.05, 3.63) is 0 Å². The number of carboxylic acids is 1. The van der Waals surface area contributed by atoms with Gasteiger partial charge in [0.25, 0.3) is 0 Å². The normalized spacial score (nSPS) is 21.6. The van der Waals surface area contributed by atoms with Crippen LogP contribution in [-0.4, -0.2) is 41.6 Å². The molecule has 2 fully saturated rings. The summed E-state index contributed by atoms with van der Waals surface area (Å²) >= 11 is 0. The number of carbonyl (C=O) groups excluding carboxylic acids is 1. The number of carboxylic acid groups (broad SMARTS) is 1. The fourth-order valence-electron chi connectivity index (χ4n) is 2.71. The minimum atomic E-state index is -0.858. The van der Waals surface area contributed by atoms with Gasteiger partial charge >= 0.3 is 12.0 Å². The van der Waals surface area contributed by atoms with Crippen LogP contribution in [0.3, 0.4) is 0 Å². The molecule has 2 saturated carbocycles. The number of nitrogens with one attached hydrogen (secondary N) is 1. The Hall–Kier alpha value is -1.26. The van der Waals surface area contributed by atoms with Crippen molar-refractivity contribution in [3.63, 3.8) is 0 Å². The number of nitrogens with zero attached hydrogens (tertiary/aromatic N) is 1. The van der Waals surface area contributed by atoms with Gasteiger partial charge in [0, 0.05) is 19.6 Å². The van der Waals surface area contributed by atoms with Crippen LogP contribution in [0.5, 0.6) is 0 Å². The van der Waals surface area contributed by atoms with Crippen molar-refractivity contribution in [3.8, 4) is 0 Å². The maximum Gasteiger partial charge on any atom is 0.317 e. The third-order valence-corrected chi connectivity index (χ3v) is 4.51. The molecule has 0 aromatic carbocycles. The Morgan fingerprint density at radius 3 is 2.47 bits per heavy atom. The summed E-state index contributed by atoms with van der Waals surface area (Å²) in [5.74, 6) is -0.562. The van der Waals surface area contributed by atoms with Gasteiger partial charge in [-0.15, -0.1) is 0 Å². The van der Waals surface area contributed by atoms with Crippen LogP contribution in [0, 0.1) is 17.3 Å². The van der Waals surface area contributed by atoms with Gasteiger partial charge in [0.1, 0.15) is 0 Å². The Labute approximate surface area is 114 Å². The zero-order valence-corrected chi connectivity index (χ0v) is 11.8. The van der Waals surface area contributed by atoms with Crippen molar-refractivity contribution in [1.29, 1.82) is 0 Å². The second-order valence-corrected chi connectivity index (χ2v) is 6.07. The maximum absolute atomic E-state index is 12.1. The molecule has 19 heavy (non-hydrogen) atoms. The number of hydrogen-bond acceptors (Lipinski definition) is 2. The molecule has 0 aromatic heterocycles. The van der Waals surface area contributed by atoms with Crippen LogP contribution in [0.25, 0.3) is 0 Å². The van der Waals surface area contributed by atoms with Gasteiger partial charge in [-0.05, 0) is 43.9 Å². The first kappa shape index (κ1) is 14.2. The Bertz CT molecular complexity index is 362. The summed E-state index contributed by atoms with van der Waals surface area (Å²) in [6, 6.07) is -0.123. The molecule has 5 heteroatoms. The van der Waals surface area contributed by atoms with Gasteiger partial charge in [0.05, 0.1) is 5.92 Å². The lowest BCUT2D eigenvalue weighted by molar-refractivity contribution is -0.141. The molecule has 0 heterocycles. The van der Waals surface area contributed by atoms with Crippen LogP contribution in [0.4, 0.5) is 4.79 Å². The van der Waals surface area contributed by atoms with Crippen molar-refractivity contribution >= 4 is 12.0 Å². The molecule has 5 nitrogen and oxygen atoms in total. The molecule has 1 atom stereocenters. The highest BCUT2D eigenvalue weighted by Gasteiger charge is 2.53. The van der Waals surface area contributed by atoms with Gasteiger partial charge in [-0.2, -0.15) is 0 Å². The summed E-state index contributed by atoms with van der Waals surface area (Å²) in [6.07, 6.45) is 5.08. The monoisotopic (exact) mass is 268 g/mol. The van der Waals surface area contributed by atoms with E-state index in [0.29, 0.717) is 12.0 Å². The number of aliphatic carboxylic acids is 1. The van der Waals surface area contributed by atoms with E-state index in [-0.39, 0.29) is 12.6 Å². The van der Waals surface area contributed by atoms with Gasteiger partial charge in [-0.3, -0.25) is 4.79 Å². The summed E-state index contributed by atoms with van der Waals surface area (Å²) in [6.45, 7) is 5.08. The highest BCUT2D eigenvalue weighted by molar-refractivity contribution is 5.76. The first-order chi connectivity index (χ1) is 8.98. The Morgan fingerprint density at radius 1 is 1.42 bits per heavy atom. The number of rotatable bonds is 7. The first-order valence-electron chi connectivity index (χ1n) is 7.24. The smallest absolute Gasteiger partial charge is 0.317 e. The fourth-order valence-corrected chi connectivity index (χ4v) is 2.71. The zero-order chi connectivity index (χ0) is 14.0. The van der Waals surface area contributed by atoms with Crippen LogP contribution < -0.4 is 5.32 Å². The molecule has 2 amide bonds. The van der Waals surface area contributed by atoms with Crippen molar-refractivity contribution in [2.24, 2.45) is 17.3 Å². The summed E-state index contributed by atoms with van der Waals surface area (Å²) in [4.78, 5) is 24.5. The van der Waals surface area contributed by atoms with Gasteiger partial charge in [0.15, 0.2) is 0 Å². The summed E-state index contributed by atoms with van der Waals surface area (Å²) in [5, 5.41) is 11.9. The van der Waals surface area contributed by atoms with E-state index in [1.165, 1.54) is 25.7 Å². The molecule has 0 spiro atoms. The molecular weight excluding hydrogens is 244 g/mol. The first-order valence-corrected chi connectivity index (χ1v) is 7.24. The number of carbonyl (C=O) groups is 2. The van der Waals surface area contributed by atoms with E-state index in [9.17, 15) is 9.59 Å². The van der Waals surface area contributed by atoms with E-state index in [4.69, 9.17) is 5.11 Å². The van der Waals surface area contributed by atoms with E-state index >= 15 is 0 Å². The fraction of sp³-hybridized carbons (Fsp3) is 0.857. The van der Waals surface area contributed by atoms with E-state index in [1.807, 2.05) is 6.92 Å². The van der Waals surface area contributed by atoms with Crippen molar-refractivity contribution in [1.82, 2.24) is 10.2 Å². The van der Waals surface area contributed by atoms with Gasteiger partial charge in [0.2, 0.25) is 0 Å². The van der Waals surface area contributed by atoms with Crippen LogP contribution in [0.1, 0.15) is 39.5 Å². The molecule has 0 saturated heterocycles. The van der Waals surface area contributed by atoms with Crippen LogP contribution >= 0.6 is 0 Å². The number of amides is 2. The van der Waals surface area contributed by atoms with E-state index in [0.717, 1.165) is 12.5 Å². The second kappa shape index (κ2) is 5.39. The summed E-state index contributed by atoms with van der Waals surface area (Å²) < 4.78 is 0. The molecule has 2 aliphatic rings. The van der Waals surface area contributed by atoms with Crippen molar-refractivity contribution in [2.75, 3.05) is 19.6 Å². The van der Waals surface area contributed by atoms with E-state index < -0.39 is 11.9 Å². The average Bonchev–Trinajstić information content (AvgIpc) is 3.25. The highest BCUT2D eigenvalue weighted by atomic mass is 16.4. The molecule has 0 radical (unpaired) electrons. The zero-order valence-electron chi connectivity index (χ0n) is 11.8. The quantitative estimate of drug-likeness (QED) is 0.741. The SMILES string of the molecule is CCN(CC(C)C(=O)O)C(=O)NCC1(C2CC2)CC1. The molecule has 0 aromatic rings. The molecule has 1 unspecified atom stereocenters. The molecule has 2 rings (SSSR count). The molecular formula is C14H24N2O3. The van der Waals surface area contributed by atoms with Crippen molar-refractivity contribution < 1.29 is 14.7 Å². The summed E-state index contributed by atoms with van der Waals surface area (Å²) in [7, 11) is 0. The Balaban J connectivity index is 1.78. The third-order valence-electron chi connectivity index (χ3n) is 4.51. The third kappa shape index (κ3) is 3.39. The maximum atomic E-state index is 12.1. The summed E-state index contributed by atoms with van der Waals surface area (Å²) in [5.41, 5.74) is 0.382. The molecule has 0 bridgehead atoms. The molecule has 2 N–H and O–H groups in total. The van der Waals surface area contributed by atoms with Gasteiger partial charge < -0.3 is 15.3 Å². The largest absolute Gasteiger partial charge is 0.481 e. The lowest BCUT2D eigenvalue weighted by atomic mass is 10.0. The molecule has 0 aliphatic heterocycles. The van der Waals surface area contributed by atoms with E-state index in [1.54, 1.807) is 11.8 Å². The van der Waals surface area contributed by atoms with Gasteiger partial charge in [-0.1, -0.05) is 6.92 Å². The highest BCUT2D eigenvalue weighted by Crippen LogP contribution is 2.60. The predicted octanol–water partition coefficient (Wildman–Crippen LogP) is 1.93. The lowest BCUT2D eigenvalue weighted by Crippen LogP contribution is -2.45. The minimum Gasteiger partial charge on any atom is -0.481 e. The standard InChI is InChI=1S/C14H24N2O3/c1-3-16(8-10(2)12(17)18)13(19)15-9-14(6-7-14)11-4-5-11/h10-11H,3-9H2,1-2H3,(H,15,19)(H,17,18). The van der Waals surface area contributed by atoms with Crippen LogP contribution in [-0.2, 0) is 4.79 Å². The lowest BCUT2D eigenvalue weighted by Gasteiger charge is -2.25. The van der Waals surface area contributed by atoms with Gasteiger partial charge in [-0.25, -0.2) is 4.79 Å². The topological polar surface area (TPSA) is 69.6 Å². The van der Waals surface area contributed by atoms with Crippen molar-refractivity contribution in [2.45, 2.75) is 39.5 Å².